The van der Waals surface area contributed by atoms with Gasteiger partial charge in [0.2, 0.25) is 0 Å². The van der Waals surface area contributed by atoms with E-state index in [0.29, 0.717) is 22.4 Å². The van der Waals surface area contributed by atoms with Crippen molar-refractivity contribution in [2.45, 2.75) is 13.0 Å². The molecule has 1 unspecified atom stereocenters. The molecule has 0 aromatic heterocycles. The lowest BCUT2D eigenvalue weighted by atomic mass is 9.99. The van der Waals surface area contributed by atoms with Crippen LogP contribution in [0.1, 0.15) is 24.1 Å². The molecule has 2 nitrogen and oxygen atoms in total. The van der Waals surface area contributed by atoms with Crippen LogP contribution < -0.4 is 10.5 Å². The minimum absolute atomic E-state index is 0.316. The molecule has 2 aromatic rings. The van der Waals surface area contributed by atoms with Gasteiger partial charge in [-0.3, -0.25) is 0 Å². The molecule has 0 fully saturated rings. The SMILES string of the molecule is CCOc1cc(Cl)c(C(N)c2ccccc2I)cc1Cl. The third kappa shape index (κ3) is 3.39. The molecular weight excluding hydrogens is 408 g/mol. The summed E-state index contributed by atoms with van der Waals surface area (Å²) >= 11 is 14.8. The molecule has 2 aromatic carbocycles. The van der Waals surface area contributed by atoms with Crippen LogP contribution in [-0.2, 0) is 0 Å². The van der Waals surface area contributed by atoms with E-state index in [1.165, 1.54) is 0 Å². The van der Waals surface area contributed by atoms with Gasteiger partial charge in [0.05, 0.1) is 17.7 Å². The minimum atomic E-state index is -0.316. The van der Waals surface area contributed by atoms with Gasteiger partial charge in [-0.25, -0.2) is 0 Å². The molecule has 106 valence electrons. The first-order valence-corrected chi connectivity index (χ1v) is 7.99. The van der Waals surface area contributed by atoms with Crippen LogP contribution in [0.3, 0.4) is 0 Å². The fourth-order valence-corrected chi connectivity index (χ4v) is 3.16. The Morgan fingerprint density at radius 1 is 1.15 bits per heavy atom. The average Bonchev–Trinajstić information content (AvgIpc) is 2.42. The molecule has 5 heteroatoms. The van der Waals surface area contributed by atoms with Crippen molar-refractivity contribution in [1.29, 1.82) is 0 Å². The van der Waals surface area contributed by atoms with Crippen molar-refractivity contribution in [2.75, 3.05) is 6.61 Å². The van der Waals surface area contributed by atoms with Crippen molar-refractivity contribution in [1.82, 2.24) is 0 Å². The quantitative estimate of drug-likeness (QED) is 0.701. The van der Waals surface area contributed by atoms with Crippen LogP contribution >= 0.6 is 45.8 Å². The van der Waals surface area contributed by atoms with Gasteiger partial charge >= 0.3 is 0 Å². The fraction of sp³-hybridized carbons (Fsp3) is 0.200. The lowest BCUT2D eigenvalue weighted by Crippen LogP contribution is -2.14. The lowest BCUT2D eigenvalue weighted by Gasteiger charge is -2.17. The first kappa shape index (κ1) is 15.9. The highest BCUT2D eigenvalue weighted by Crippen LogP contribution is 2.36. The molecular formula is C15H14Cl2INO. The summed E-state index contributed by atoms with van der Waals surface area (Å²) in [5.74, 6) is 0.581. The van der Waals surface area contributed by atoms with Gasteiger partial charge < -0.3 is 10.5 Å². The van der Waals surface area contributed by atoms with Gasteiger partial charge in [0, 0.05) is 14.7 Å². The molecule has 0 saturated carbocycles. The van der Waals surface area contributed by atoms with Crippen LogP contribution in [0.2, 0.25) is 10.0 Å². The molecule has 20 heavy (non-hydrogen) atoms. The number of rotatable bonds is 4. The maximum atomic E-state index is 6.32. The Kier molecular flexibility index (Phi) is 5.55. The molecule has 2 rings (SSSR count). The van der Waals surface area contributed by atoms with Crippen molar-refractivity contribution in [3.05, 3.63) is 61.1 Å². The Labute approximate surface area is 142 Å². The van der Waals surface area contributed by atoms with Crippen LogP contribution in [0, 0.1) is 3.57 Å². The highest BCUT2D eigenvalue weighted by atomic mass is 127. The third-order valence-corrected chi connectivity index (χ3v) is 4.53. The molecule has 0 heterocycles. The number of hydrogen-bond donors (Lipinski definition) is 1. The van der Waals surface area contributed by atoms with E-state index in [1.54, 1.807) is 12.1 Å². The molecule has 0 aliphatic carbocycles. The van der Waals surface area contributed by atoms with Gasteiger partial charge in [-0.2, -0.15) is 0 Å². The Balaban J connectivity index is 2.43. The maximum Gasteiger partial charge on any atom is 0.139 e. The number of hydrogen-bond acceptors (Lipinski definition) is 2. The molecule has 0 amide bonds. The van der Waals surface area contributed by atoms with Crippen molar-refractivity contribution >= 4 is 45.8 Å². The van der Waals surface area contributed by atoms with E-state index in [2.05, 4.69) is 22.6 Å². The number of ether oxygens (including phenoxy) is 1. The van der Waals surface area contributed by atoms with E-state index >= 15 is 0 Å². The second-order valence-electron chi connectivity index (χ2n) is 4.24. The summed E-state index contributed by atoms with van der Waals surface area (Å²) < 4.78 is 6.52. The number of nitrogens with two attached hydrogens (primary N) is 1. The molecule has 1 atom stereocenters. The van der Waals surface area contributed by atoms with Crippen molar-refractivity contribution in [3.63, 3.8) is 0 Å². The van der Waals surface area contributed by atoms with Gasteiger partial charge in [0.1, 0.15) is 5.75 Å². The predicted octanol–water partition coefficient (Wildman–Crippen LogP) is 5.04. The van der Waals surface area contributed by atoms with Gasteiger partial charge in [-0.05, 0) is 52.8 Å². The first-order chi connectivity index (χ1) is 9.54. The van der Waals surface area contributed by atoms with E-state index in [-0.39, 0.29) is 6.04 Å². The second-order valence-corrected chi connectivity index (χ2v) is 6.21. The smallest absolute Gasteiger partial charge is 0.139 e. The summed E-state index contributed by atoms with van der Waals surface area (Å²) in [4.78, 5) is 0. The first-order valence-electron chi connectivity index (χ1n) is 6.16. The summed E-state index contributed by atoms with van der Waals surface area (Å²) in [6.07, 6.45) is 0. The number of halogens is 3. The molecule has 0 aliphatic rings. The highest BCUT2D eigenvalue weighted by molar-refractivity contribution is 14.1. The Hall–Kier alpha value is -0.490. The maximum absolute atomic E-state index is 6.32. The van der Waals surface area contributed by atoms with Gasteiger partial charge in [-0.15, -0.1) is 0 Å². The molecule has 0 saturated heterocycles. The van der Waals surface area contributed by atoms with Crippen molar-refractivity contribution in [3.8, 4) is 5.75 Å². The van der Waals surface area contributed by atoms with Crippen LogP contribution in [0.25, 0.3) is 0 Å². The van der Waals surface area contributed by atoms with Gasteiger partial charge in [0.25, 0.3) is 0 Å². The average molecular weight is 422 g/mol. The summed E-state index contributed by atoms with van der Waals surface area (Å²) in [6.45, 7) is 2.44. The van der Waals surface area contributed by atoms with Gasteiger partial charge in [-0.1, -0.05) is 41.4 Å². The molecule has 0 radical (unpaired) electrons. The van der Waals surface area contributed by atoms with Gasteiger partial charge in [0.15, 0.2) is 0 Å². The zero-order chi connectivity index (χ0) is 14.7. The molecule has 0 bridgehead atoms. The largest absolute Gasteiger partial charge is 0.492 e. The van der Waals surface area contributed by atoms with E-state index < -0.39 is 0 Å². The highest BCUT2D eigenvalue weighted by Gasteiger charge is 2.17. The van der Waals surface area contributed by atoms with Crippen LogP contribution in [0.4, 0.5) is 0 Å². The fourth-order valence-electron chi connectivity index (χ4n) is 1.94. The van der Waals surface area contributed by atoms with Crippen molar-refractivity contribution < 1.29 is 4.74 Å². The third-order valence-electron chi connectivity index (χ3n) is 2.93. The predicted molar refractivity (Wildman–Crippen MR) is 92.8 cm³/mol. The van der Waals surface area contributed by atoms with Crippen LogP contribution in [0.5, 0.6) is 5.75 Å². The zero-order valence-corrected chi connectivity index (χ0v) is 14.5. The van der Waals surface area contributed by atoms with Crippen molar-refractivity contribution in [2.24, 2.45) is 5.73 Å². The topological polar surface area (TPSA) is 35.2 Å². The Morgan fingerprint density at radius 3 is 2.50 bits per heavy atom. The van der Waals surface area contributed by atoms with Crippen LogP contribution in [-0.4, -0.2) is 6.61 Å². The summed E-state index contributed by atoms with van der Waals surface area (Å²) in [6, 6.07) is 11.1. The van der Waals surface area contributed by atoms with E-state index in [0.717, 1.165) is 14.7 Å². The molecule has 2 N–H and O–H groups in total. The monoisotopic (exact) mass is 421 g/mol. The standard InChI is InChI=1S/C15H14Cl2INO/c1-2-20-14-8-11(16)10(7-12(14)17)15(19)9-5-3-4-6-13(9)18/h3-8,15H,2,19H2,1H3. The number of benzene rings is 2. The van der Waals surface area contributed by atoms with Crippen LogP contribution in [0.15, 0.2) is 36.4 Å². The minimum Gasteiger partial charge on any atom is -0.492 e. The molecule has 0 aliphatic heterocycles. The second kappa shape index (κ2) is 6.98. The molecule has 0 spiro atoms. The summed E-state index contributed by atoms with van der Waals surface area (Å²) in [7, 11) is 0. The zero-order valence-electron chi connectivity index (χ0n) is 10.9. The summed E-state index contributed by atoms with van der Waals surface area (Å²) in [5, 5.41) is 1.08. The summed E-state index contributed by atoms with van der Waals surface area (Å²) in [5.41, 5.74) is 8.14. The normalized spacial score (nSPS) is 12.2. The Bertz CT molecular complexity index is 619. The van der Waals surface area contributed by atoms with E-state index in [1.807, 2.05) is 31.2 Å². The lowest BCUT2D eigenvalue weighted by molar-refractivity contribution is 0.340. The Morgan fingerprint density at radius 2 is 1.85 bits per heavy atom. The van der Waals surface area contributed by atoms with E-state index in [9.17, 15) is 0 Å². The van der Waals surface area contributed by atoms with E-state index in [4.69, 9.17) is 33.7 Å².